The lowest BCUT2D eigenvalue weighted by Crippen LogP contribution is -2.38. The van der Waals surface area contributed by atoms with Gasteiger partial charge >= 0.3 is 0 Å². The molecule has 0 heterocycles. The summed E-state index contributed by atoms with van der Waals surface area (Å²) in [6.07, 6.45) is 5.80. The molecule has 0 aromatic rings. The third kappa shape index (κ3) is 6.16. The molecule has 1 unspecified atom stereocenters. The molecule has 1 rings (SSSR count). The van der Waals surface area contributed by atoms with E-state index in [1.54, 1.807) is 0 Å². The molecule has 0 aromatic heterocycles. The van der Waals surface area contributed by atoms with Crippen molar-refractivity contribution in [3.63, 3.8) is 0 Å². The van der Waals surface area contributed by atoms with E-state index in [0.29, 0.717) is 6.04 Å². The first-order chi connectivity index (χ1) is 7.18. The van der Waals surface area contributed by atoms with Gasteiger partial charge in [0.1, 0.15) is 0 Å². The van der Waals surface area contributed by atoms with Crippen LogP contribution in [-0.2, 0) is 0 Å². The van der Waals surface area contributed by atoms with Crippen LogP contribution in [0.3, 0.4) is 0 Å². The molecule has 1 aliphatic carbocycles. The Bertz CT molecular complexity index is 153. The third-order valence-corrected chi connectivity index (χ3v) is 3.27. The van der Waals surface area contributed by atoms with E-state index in [1.165, 1.54) is 32.2 Å². The Balaban J connectivity index is 1.86. The largest absolute Gasteiger partial charge is 0.315 e. The smallest absolute Gasteiger partial charge is 0.0164 e. The van der Waals surface area contributed by atoms with E-state index in [9.17, 15) is 0 Å². The molecule has 0 bridgehead atoms. The lowest BCUT2D eigenvalue weighted by atomic mass is 9.83. The van der Waals surface area contributed by atoms with Crippen LogP contribution in [0.4, 0.5) is 0 Å². The summed E-state index contributed by atoms with van der Waals surface area (Å²) in [5.41, 5.74) is 0. The molecule has 90 valence electrons. The zero-order chi connectivity index (χ0) is 11.1. The molecule has 1 atom stereocenters. The first-order valence-corrected chi connectivity index (χ1v) is 6.62. The van der Waals surface area contributed by atoms with Gasteiger partial charge in [0.25, 0.3) is 0 Å². The van der Waals surface area contributed by atoms with Crippen molar-refractivity contribution in [1.29, 1.82) is 0 Å². The van der Waals surface area contributed by atoms with Gasteiger partial charge in [-0.15, -0.1) is 0 Å². The first kappa shape index (κ1) is 13.0. The van der Waals surface area contributed by atoms with Gasteiger partial charge in [-0.05, 0) is 38.3 Å². The van der Waals surface area contributed by atoms with Crippen molar-refractivity contribution in [2.75, 3.05) is 19.6 Å². The SMILES string of the molecule is CC(C)CNCC(C)NCCC1CCC1. The van der Waals surface area contributed by atoms with Gasteiger partial charge in [-0.3, -0.25) is 0 Å². The van der Waals surface area contributed by atoms with Gasteiger partial charge in [-0.25, -0.2) is 0 Å². The van der Waals surface area contributed by atoms with Crippen molar-refractivity contribution >= 4 is 0 Å². The summed E-state index contributed by atoms with van der Waals surface area (Å²) in [5.74, 6) is 1.79. The van der Waals surface area contributed by atoms with Gasteiger partial charge < -0.3 is 10.6 Å². The summed E-state index contributed by atoms with van der Waals surface area (Å²) in [4.78, 5) is 0. The Morgan fingerprint density at radius 1 is 1.13 bits per heavy atom. The minimum Gasteiger partial charge on any atom is -0.315 e. The van der Waals surface area contributed by atoms with Crippen LogP contribution in [0, 0.1) is 11.8 Å². The Kier molecular flexibility index (Phi) is 6.26. The van der Waals surface area contributed by atoms with Gasteiger partial charge in [-0.1, -0.05) is 33.1 Å². The molecule has 0 spiro atoms. The topological polar surface area (TPSA) is 24.1 Å². The van der Waals surface area contributed by atoms with E-state index in [-0.39, 0.29) is 0 Å². The van der Waals surface area contributed by atoms with Gasteiger partial charge in [0.2, 0.25) is 0 Å². The van der Waals surface area contributed by atoms with Crippen molar-refractivity contribution in [2.45, 2.75) is 52.5 Å². The van der Waals surface area contributed by atoms with Gasteiger partial charge in [0.15, 0.2) is 0 Å². The highest BCUT2D eigenvalue weighted by molar-refractivity contribution is 4.72. The van der Waals surface area contributed by atoms with Crippen LogP contribution >= 0.6 is 0 Å². The Morgan fingerprint density at radius 2 is 1.87 bits per heavy atom. The molecule has 1 saturated carbocycles. The molecule has 1 aliphatic rings. The van der Waals surface area contributed by atoms with Crippen LogP contribution in [0.5, 0.6) is 0 Å². The van der Waals surface area contributed by atoms with E-state index in [1.807, 2.05) is 0 Å². The van der Waals surface area contributed by atoms with E-state index in [0.717, 1.165) is 24.9 Å². The van der Waals surface area contributed by atoms with Crippen molar-refractivity contribution in [1.82, 2.24) is 10.6 Å². The van der Waals surface area contributed by atoms with Crippen LogP contribution in [0.1, 0.15) is 46.5 Å². The van der Waals surface area contributed by atoms with E-state index in [2.05, 4.69) is 31.4 Å². The van der Waals surface area contributed by atoms with E-state index in [4.69, 9.17) is 0 Å². The molecule has 0 saturated heterocycles. The summed E-state index contributed by atoms with van der Waals surface area (Å²) < 4.78 is 0. The Hall–Kier alpha value is -0.0800. The molecular formula is C13H28N2. The molecule has 2 nitrogen and oxygen atoms in total. The van der Waals surface area contributed by atoms with E-state index < -0.39 is 0 Å². The molecule has 2 N–H and O–H groups in total. The second kappa shape index (κ2) is 7.24. The maximum absolute atomic E-state index is 3.59. The second-order valence-electron chi connectivity index (χ2n) is 5.49. The highest BCUT2D eigenvalue weighted by Crippen LogP contribution is 2.28. The van der Waals surface area contributed by atoms with Crippen LogP contribution in [0.25, 0.3) is 0 Å². The zero-order valence-corrected chi connectivity index (χ0v) is 10.7. The standard InChI is InChI=1S/C13H28N2/c1-11(2)9-14-10-12(3)15-8-7-13-5-4-6-13/h11-15H,4-10H2,1-3H3. The summed E-state index contributed by atoms with van der Waals surface area (Å²) >= 11 is 0. The first-order valence-electron chi connectivity index (χ1n) is 6.62. The predicted molar refractivity (Wildman–Crippen MR) is 67.1 cm³/mol. The molecule has 1 fully saturated rings. The number of nitrogens with one attached hydrogen (secondary N) is 2. The lowest BCUT2D eigenvalue weighted by Gasteiger charge is -2.26. The zero-order valence-electron chi connectivity index (χ0n) is 10.7. The lowest BCUT2D eigenvalue weighted by molar-refractivity contribution is 0.287. The van der Waals surface area contributed by atoms with Gasteiger partial charge in [0.05, 0.1) is 0 Å². The van der Waals surface area contributed by atoms with Crippen LogP contribution < -0.4 is 10.6 Å². The third-order valence-electron chi connectivity index (χ3n) is 3.27. The maximum Gasteiger partial charge on any atom is 0.0164 e. The molecule has 0 radical (unpaired) electrons. The predicted octanol–water partition coefficient (Wildman–Crippen LogP) is 2.40. The van der Waals surface area contributed by atoms with Gasteiger partial charge in [0, 0.05) is 12.6 Å². The number of hydrogen-bond donors (Lipinski definition) is 2. The molecule has 15 heavy (non-hydrogen) atoms. The fourth-order valence-electron chi connectivity index (χ4n) is 1.98. The summed E-state index contributed by atoms with van der Waals surface area (Å²) in [5, 5.41) is 7.08. The van der Waals surface area contributed by atoms with Crippen molar-refractivity contribution < 1.29 is 0 Å². The molecule has 0 amide bonds. The number of rotatable bonds is 8. The monoisotopic (exact) mass is 212 g/mol. The summed E-state index contributed by atoms with van der Waals surface area (Å²) in [6.45, 7) is 10.2. The average Bonchev–Trinajstić information content (AvgIpc) is 2.08. The highest BCUT2D eigenvalue weighted by atomic mass is 15.0. The molecule has 0 aliphatic heterocycles. The van der Waals surface area contributed by atoms with Crippen molar-refractivity contribution in [2.24, 2.45) is 11.8 Å². The molecular weight excluding hydrogens is 184 g/mol. The van der Waals surface area contributed by atoms with E-state index >= 15 is 0 Å². The van der Waals surface area contributed by atoms with Crippen molar-refractivity contribution in [3.05, 3.63) is 0 Å². The minimum atomic E-state index is 0.615. The number of hydrogen-bond acceptors (Lipinski definition) is 2. The van der Waals surface area contributed by atoms with Crippen LogP contribution in [-0.4, -0.2) is 25.7 Å². The fraction of sp³-hybridized carbons (Fsp3) is 1.00. The Labute approximate surface area is 95.2 Å². The Morgan fingerprint density at radius 3 is 2.40 bits per heavy atom. The maximum atomic E-state index is 3.59. The van der Waals surface area contributed by atoms with Gasteiger partial charge in [-0.2, -0.15) is 0 Å². The van der Waals surface area contributed by atoms with Crippen molar-refractivity contribution in [3.8, 4) is 0 Å². The summed E-state index contributed by atoms with van der Waals surface area (Å²) in [6, 6.07) is 0.615. The van der Waals surface area contributed by atoms with Crippen LogP contribution in [0.15, 0.2) is 0 Å². The second-order valence-corrected chi connectivity index (χ2v) is 5.49. The molecule has 2 heteroatoms. The average molecular weight is 212 g/mol. The fourth-order valence-corrected chi connectivity index (χ4v) is 1.98. The van der Waals surface area contributed by atoms with Crippen LogP contribution in [0.2, 0.25) is 0 Å². The quantitative estimate of drug-likeness (QED) is 0.645. The molecule has 0 aromatic carbocycles. The normalized spacial score (nSPS) is 19.2. The minimum absolute atomic E-state index is 0.615. The summed E-state index contributed by atoms with van der Waals surface area (Å²) in [7, 11) is 0. The highest BCUT2D eigenvalue weighted by Gasteiger charge is 2.16.